The molecule has 0 bridgehead atoms. The van der Waals surface area contributed by atoms with E-state index >= 15 is 0 Å². The van der Waals surface area contributed by atoms with Crippen molar-refractivity contribution in [3.05, 3.63) is 24.3 Å². The van der Waals surface area contributed by atoms with E-state index in [2.05, 4.69) is 10.6 Å². The minimum atomic E-state index is -1.05. The number of ether oxygens (including phenoxy) is 1. The lowest BCUT2D eigenvalue weighted by molar-refractivity contribution is -0.139. The van der Waals surface area contributed by atoms with Crippen LogP contribution in [-0.2, 0) is 14.4 Å². The Morgan fingerprint density at radius 3 is 2.40 bits per heavy atom. The quantitative estimate of drug-likeness (QED) is 0.634. The van der Waals surface area contributed by atoms with Gasteiger partial charge in [0.25, 0.3) is 0 Å². The van der Waals surface area contributed by atoms with Gasteiger partial charge in [-0.3, -0.25) is 9.59 Å². The van der Waals surface area contributed by atoms with Gasteiger partial charge in [-0.05, 0) is 36.6 Å². The van der Waals surface area contributed by atoms with Crippen molar-refractivity contribution in [1.82, 2.24) is 5.32 Å². The molecule has 136 valence electrons. The Labute approximate surface area is 146 Å². The first kappa shape index (κ1) is 18.8. The highest BCUT2D eigenvalue weighted by molar-refractivity contribution is 5.94. The third-order valence-corrected chi connectivity index (χ3v) is 4.20. The van der Waals surface area contributed by atoms with Crippen LogP contribution in [0.4, 0.5) is 5.69 Å². The zero-order valence-corrected chi connectivity index (χ0v) is 14.1. The van der Waals surface area contributed by atoms with Crippen LogP contribution in [0.15, 0.2) is 24.3 Å². The molecule has 1 aliphatic carbocycles. The van der Waals surface area contributed by atoms with Crippen molar-refractivity contribution in [2.45, 2.75) is 38.5 Å². The van der Waals surface area contributed by atoms with Gasteiger partial charge in [0.15, 0.2) is 6.61 Å². The average molecular weight is 348 g/mol. The lowest BCUT2D eigenvalue weighted by Gasteiger charge is -2.10. The number of nitrogens with one attached hydrogen (secondary N) is 2. The number of carboxylic acids is 1. The zero-order valence-electron chi connectivity index (χ0n) is 14.1. The molecule has 0 unspecified atom stereocenters. The Morgan fingerprint density at radius 1 is 1.08 bits per heavy atom. The maximum Gasteiger partial charge on any atom is 0.341 e. The van der Waals surface area contributed by atoms with Crippen LogP contribution in [0.1, 0.15) is 38.5 Å². The Balaban J connectivity index is 1.65. The number of carbonyl (C=O) groups is 3. The standard InChI is InChI=1S/C18H24N2O5/c21-16(10-5-13-3-1-2-4-13)19-11-17(22)20-14-6-8-15(9-7-14)25-12-18(23)24/h6-9,13H,1-5,10-12H2,(H,19,21)(H,20,22)(H,23,24). The van der Waals surface area contributed by atoms with Crippen LogP contribution in [0, 0.1) is 5.92 Å². The second-order valence-corrected chi connectivity index (χ2v) is 6.22. The van der Waals surface area contributed by atoms with E-state index in [9.17, 15) is 14.4 Å². The summed E-state index contributed by atoms with van der Waals surface area (Å²) in [6.45, 7) is -0.487. The minimum Gasteiger partial charge on any atom is -0.482 e. The molecule has 7 nitrogen and oxygen atoms in total. The number of aliphatic carboxylic acids is 1. The summed E-state index contributed by atoms with van der Waals surface area (Å²) in [6.07, 6.45) is 6.29. The SMILES string of the molecule is O=C(O)COc1ccc(NC(=O)CNC(=O)CCC2CCCC2)cc1. The molecule has 2 amide bonds. The van der Waals surface area contributed by atoms with Crippen LogP contribution in [0.2, 0.25) is 0 Å². The second kappa shape index (κ2) is 9.66. The summed E-state index contributed by atoms with van der Waals surface area (Å²) in [4.78, 5) is 34.0. The van der Waals surface area contributed by atoms with Crippen molar-refractivity contribution in [3.63, 3.8) is 0 Å². The molecule has 0 radical (unpaired) electrons. The highest BCUT2D eigenvalue weighted by Gasteiger charge is 2.16. The molecule has 1 aromatic carbocycles. The summed E-state index contributed by atoms with van der Waals surface area (Å²) >= 11 is 0. The predicted molar refractivity (Wildman–Crippen MR) is 92.4 cm³/mol. The first-order valence-corrected chi connectivity index (χ1v) is 8.54. The highest BCUT2D eigenvalue weighted by atomic mass is 16.5. The second-order valence-electron chi connectivity index (χ2n) is 6.22. The Morgan fingerprint density at radius 2 is 1.76 bits per heavy atom. The summed E-state index contributed by atoms with van der Waals surface area (Å²) in [7, 11) is 0. The fourth-order valence-electron chi connectivity index (χ4n) is 2.89. The molecule has 0 aromatic heterocycles. The van der Waals surface area contributed by atoms with E-state index in [4.69, 9.17) is 9.84 Å². The molecule has 7 heteroatoms. The summed E-state index contributed by atoms with van der Waals surface area (Å²) in [5.74, 6) is -0.406. The lowest BCUT2D eigenvalue weighted by Crippen LogP contribution is -2.32. The van der Waals surface area contributed by atoms with Crippen LogP contribution in [0.3, 0.4) is 0 Å². The molecule has 1 aromatic rings. The van der Waals surface area contributed by atoms with Gasteiger partial charge < -0.3 is 20.5 Å². The topological polar surface area (TPSA) is 105 Å². The summed E-state index contributed by atoms with van der Waals surface area (Å²) in [6, 6.07) is 6.35. The molecule has 1 fully saturated rings. The van der Waals surface area contributed by atoms with Crippen LogP contribution >= 0.6 is 0 Å². The van der Waals surface area contributed by atoms with Crippen LogP contribution in [0.25, 0.3) is 0 Å². The van der Waals surface area contributed by atoms with E-state index in [-0.39, 0.29) is 18.4 Å². The van der Waals surface area contributed by atoms with Crippen molar-refractivity contribution in [3.8, 4) is 5.75 Å². The van der Waals surface area contributed by atoms with Crippen molar-refractivity contribution in [1.29, 1.82) is 0 Å². The number of rotatable bonds is 9. The van der Waals surface area contributed by atoms with E-state index in [1.165, 1.54) is 25.7 Å². The van der Waals surface area contributed by atoms with Gasteiger partial charge in [0.2, 0.25) is 11.8 Å². The number of hydrogen-bond acceptors (Lipinski definition) is 4. The number of anilines is 1. The maximum atomic E-state index is 11.8. The lowest BCUT2D eigenvalue weighted by atomic mass is 10.0. The Bertz CT molecular complexity index is 594. The molecule has 1 aliphatic rings. The van der Waals surface area contributed by atoms with Crippen LogP contribution in [-0.4, -0.2) is 36.0 Å². The number of hydrogen-bond donors (Lipinski definition) is 3. The number of benzene rings is 1. The smallest absolute Gasteiger partial charge is 0.341 e. The summed E-state index contributed by atoms with van der Waals surface area (Å²) in [5.41, 5.74) is 0.549. The van der Waals surface area contributed by atoms with Gasteiger partial charge in [-0.2, -0.15) is 0 Å². The molecule has 0 saturated heterocycles. The molecular weight excluding hydrogens is 324 g/mol. The molecule has 1 saturated carbocycles. The molecule has 3 N–H and O–H groups in total. The van der Waals surface area contributed by atoms with Gasteiger partial charge in [-0.1, -0.05) is 25.7 Å². The van der Waals surface area contributed by atoms with E-state index in [0.29, 0.717) is 23.8 Å². The van der Waals surface area contributed by atoms with Gasteiger partial charge in [0.05, 0.1) is 6.54 Å². The van der Waals surface area contributed by atoms with Gasteiger partial charge in [0, 0.05) is 12.1 Å². The van der Waals surface area contributed by atoms with E-state index < -0.39 is 12.6 Å². The zero-order chi connectivity index (χ0) is 18.1. The van der Waals surface area contributed by atoms with E-state index in [1.54, 1.807) is 24.3 Å². The molecular formula is C18H24N2O5. The Kier molecular flexibility index (Phi) is 7.25. The third-order valence-electron chi connectivity index (χ3n) is 4.20. The third kappa shape index (κ3) is 7.24. The van der Waals surface area contributed by atoms with E-state index in [0.717, 1.165) is 6.42 Å². The molecule has 25 heavy (non-hydrogen) atoms. The predicted octanol–water partition coefficient (Wildman–Crippen LogP) is 2.18. The number of carbonyl (C=O) groups excluding carboxylic acids is 2. The molecule has 0 spiro atoms. The van der Waals surface area contributed by atoms with Gasteiger partial charge in [-0.15, -0.1) is 0 Å². The van der Waals surface area contributed by atoms with Crippen molar-refractivity contribution in [2.75, 3.05) is 18.5 Å². The number of carboxylic acid groups (broad SMARTS) is 1. The first-order chi connectivity index (χ1) is 12.0. The van der Waals surface area contributed by atoms with Crippen LogP contribution < -0.4 is 15.4 Å². The largest absolute Gasteiger partial charge is 0.482 e. The first-order valence-electron chi connectivity index (χ1n) is 8.54. The van der Waals surface area contributed by atoms with Crippen LogP contribution in [0.5, 0.6) is 5.75 Å². The average Bonchev–Trinajstić information content (AvgIpc) is 3.11. The molecule has 0 atom stereocenters. The minimum absolute atomic E-state index is 0.0687. The van der Waals surface area contributed by atoms with E-state index in [1.807, 2.05) is 0 Å². The Hall–Kier alpha value is -2.57. The van der Waals surface area contributed by atoms with Gasteiger partial charge in [0.1, 0.15) is 5.75 Å². The highest BCUT2D eigenvalue weighted by Crippen LogP contribution is 2.28. The van der Waals surface area contributed by atoms with Crippen molar-refractivity contribution >= 4 is 23.5 Å². The monoisotopic (exact) mass is 348 g/mol. The molecule has 0 aliphatic heterocycles. The maximum absolute atomic E-state index is 11.8. The summed E-state index contributed by atoms with van der Waals surface area (Å²) < 4.78 is 5.01. The van der Waals surface area contributed by atoms with Crippen molar-refractivity contribution in [2.24, 2.45) is 5.92 Å². The normalized spacial score (nSPS) is 14.1. The molecule has 2 rings (SSSR count). The molecule has 0 heterocycles. The fraction of sp³-hybridized carbons (Fsp3) is 0.500. The summed E-state index contributed by atoms with van der Waals surface area (Å²) in [5, 5.41) is 13.8. The number of amides is 2. The van der Waals surface area contributed by atoms with Gasteiger partial charge in [-0.25, -0.2) is 4.79 Å². The van der Waals surface area contributed by atoms with Gasteiger partial charge >= 0.3 is 5.97 Å². The fourth-order valence-corrected chi connectivity index (χ4v) is 2.89. The van der Waals surface area contributed by atoms with Crippen molar-refractivity contribution < 1.29 is 24.2 Å².